The van der Waals surface area contributed by atoms with Gasteiger partial charge in [-0.15, -0.1) is 11.6 Å². The Labute approximate surface area is 119 Å². The molecule has 20 heavy (non-hydrogen) atoms. The lowest BCUT2D eigenvalue weighted by molar-refractivity contribution is 1.13. The molecule has 2 aromatic heterocycles. The highest BCUT2D eigenvalue weighted by Crippen LogP contribution is 2.27. The van der Waals surface area contributed by atoms with Gasteiger partial charge in [0.25, 0.3) is 0 Å². The Morgan fingerprint density at radius 2 is 1.75 bits per heavy atom. The predicted octanol–water partition coefficient (Wildman–Crippen LogP) is 3.85. The first-order valence-corrected chi connectivity index (χ1v) is 6.87. The van der Waals surface area contributed by atoms with E-state index in [0.717, 1.165) is 39.3 Å². The van der Waals surface area contributed by atoms with Crippen molar-refractivity contribution in [1.29, 1.82) is 0 Å². The topological polar surface area (TPSA) is 57.4 Å². The van der Waals surface area contributed by atoms with Gasteiger partial charge in [0.15, 0.2) is 0 Å². The summed E-state index contributed by atoms with van der Waals surface area (Å²) < 4.78 is 0. The minimum atomic E-state index is 0.369. The molecule has 5 heteroatoms. The molecule has 2 aromatic carbocycles. The molecule has 0 bridgehead atoms. The Kier molecular flexibility index (Phi) is 2.50. The van der Waals surface area contributed by atoms with Crippen LogP contribution in [0.2, 0.25) is 0 Å². The summed E-state index contributed by atoms with van der Waals surface area (Å²) in [5.74, 6) is 1.96. The van der Waals surface area contributed by atoms with E-state index in [1.165, 1.54) is 0 Å². The molecule has 4 nitrogen and oxygen atoms in total. The van der Waals surface area contributed by atoms with Gasteiger partial charge in [0.1, 0.15) is 11.6 Å². The van der Waals surface area contributed by atoms with E-state index in [1.54, 1.807) is 0 Å². The van der Waals surface area contributed by atoms with Crippen LogP contribution in [-0.4, -0.2) is 19.9 Å². The molecule has 2 heterocycles. The molecule has 0 unspecified atom stereocenters. The third-order valence-electron chi connectivity index (χ3n) is 3.33. The molecular weight excluding hydrogens is 272 g/mol. The number of rotatable bonds is 2. The SMILES string of the molecule is ClCc1nc2c(-c3nc4ccccc4[nH]3)cccc2[nH]1. The Balaban J connectivity index is 1.98. The number of imidazole rings is 2. The standard InChI is InChI=1S/C15H11ClN4/c16-8-13-17-12-7-3-4-9(14(12)20-13)15-18-10-5-1-2-6-11(10)19-15/h1-7H,8H2,(H,17,20)(H,18,19). The molecule has 4 aromatic rings. The number of aromatic nitrogens is 4. The fraction of sp³-hybridized carbons (Fsp3) is 0.0667. The number of halogens is 1. The predicted molar refractivity (Wildman–Crippen MR) is 80.7 cm³/mol. The van der Waals surface area contributed by atoms with Gasteiger partial charge >= 0.3 is 0 Å². The lowest BCUT2D eigenvalue weighted by atomic mass is 10.2. The van der Waals surface area contributed by atoms with Crippen molar-refractivity contribution in [3.8, 4) is 11.4 Å². The maximum absolute atomic E-state index is 5.84. The Hall–Kier alpha value is -2.33. The number of aromatic amines is 2. The normalized spacial score (nSPS) is 11.4. The van der Waals surface area contributed by atoms with Crippen molar-refractivity contribution < 1.29 is 0 Å². The molecule has 4 rings (SSSR count). The van der Waals surface area contributed by atoms with Gasteiger partial charge in [-0.3, -0.25) is 0 Å². The number of nitrogens with zero attached hydrogens (tertiary/aromatic N) is 2. The van der Waals surface area contributed by atoms with Crippen molar-refractivity contribution in [3.05, 3.63) is 48.3 Å². The zero-order valence-corrected chi connectivity index (χ0v) is 11.3. The van der Waals surface area contributed by atoms with Crippen molar-refractivity contribution in [2.75, 3.05) is 0 Å². The van der Waals surface area contributed by atoms with Gasteiger partial charge in [-0.25, -0.2) is 9.97 Å². The third kappa shape index (κ3) is 1.69. The zero-order chi connectivity index (χ0) is 13.5. The van der Waals surface area contributed by atoms with E-state index in [1.807, 2.05) is 42.5 Å². The van der Waals surface area contributed by atoms with E-state index >= 15 is 0 Å². The molecule has 0 radical (unpaired) electrons. The summed E-state index contributed by atoms with van der Waals surface area (Å²) in [6, 6.07) is 14.0. The lowest BCUT2D eigenvalue weighted by Crippen LogP contribution is -1.83. The summed E-state index contributed by atoms with van der Waals surface area (Å²) in [6.45, 7) is 0. The molecule has 0 amide bonds. The van der Waals surface area contributed by atoms with Crippen LogP contribution in [-0.2, 0) is 5.88 Å². The molecule has 98 valence electrons. The first-order chi connectivity index (χ1) is 9.85. The van der Waals surface area contributed by atoms with Crippen LogP contribution in [0.5, 0.6) is 0 Å². The number of benzene rings is 2. The number of H-pyrrole nitrogens is 2. The maximum Gasteiger partial charge on any atom is 0.140 e. The number of para-hydroxylation sites is 3. The van der Waals surface area contributed by atoms with Crippen LogP contribution in [0.4, 0.5) is 0 Å². The Morgan fingerprint density at radius 1 is 0.900 bits per heavy atom. The molecule has 0 atom stereocenters. The van der Waals surface area contributed by atoms with E-state index in [2.05, 4.69) is 19.9 Å². The van der Waals surface area contributed by atoms with Crippen LogP contribution in [0.3, 0.4) is 0 Å². The minimum Gasteiger partial charge on any atom is -0.341 e. The van der Waals surface area contributed by atoms with Gasteiger partial charge in [0, 0.05) is 5.56 Å². The number of fused-ring (bicyclic) bond motifs is 2. The van der Waals surface area contributed by atoms with Gasteiger partial charge < -0.3 is 9.97 Å². The first-order valence-electron chi connectivity index (χ1n) is 6.34. The number of alkyl halides is 1. The fourth-order valence-corrected chi connectivity index (χ4v) is 2.54. The molecule has 0 saturated carbocycles. The van der Waals surface area contributed by atoms with Crippen molar-refractivity contribution in [2.45, 2.75) is 5.88 Å². The van der Waals surface area contributed by atoms with E-state index < -0.39 is 0 Å². The second-order valence-corrected chi connectivity index (χ2v) is 4.89. The van der Waals surface area contributed by atoms with Gasteiger partial charge in [0.2, 0.25) is 0 Å². The smallest absolute Gasteiger partial charge is 0.140 e. The maximum atomic E-state index is 5.84. The second kappa shape index (κ2) is 4.35. The Morgan fingerprint density at radius 3 is 2.60 bits per heavy atom. The highest BCUT2D eigenvalue weighted by Gasteiger charge is 2.11. The van der Waals surface area contributed by atoms with Crippen molar-refractivity contribution >= 4 is 33.7 Å². The summed E-state index contributed by atoms with van der Waals surface area (Å²) in [4.78, 5) is 15.7. The summed E-state index contributed by atoms with van der Waals surface area (Å²) in [5, 5.41) is 0. The van der Waals surface area contributed by atoms with Crippen LogP contribution in [0.1, 0.15) is 5.82 Å². The average Bonchev–Trinajstić information content (AvgIpc) is 3.09. The molecule has 0 fully saturated rings. The monoisotopic (exact) mass is 282 g/mol. The van der Waals surface area contributed by atoms with Crippen LogP contribution >= 0.6 is 11.6 Å². The first kappa shape index (κ1) is 11.5. The highest BCUT2D eigenvalue weighted by atomic mass is 35.5. The number of nitrogens with one attached hydrogen (secondary N) is 2. The molecule has 0 aliphatic carbocycles. The van der Waals surface area contributed by atoms with Gasteiger partial charge in [-0.1, -0.05) is 18.2 Å². The van der Waals surface area contributed by atoms with Gasteiger partial charge in [0.05, 0.1) is 27.9 Å². The molecule has 0 spiro atoms. The molecule has 0 saturated heterocycles. The zero-order valence-electron chi connectivity index (χ0n) is 10.5. The number of hydrogen-bond acceptors (Lipinski definition) is 2. The summed E-state index contributed by atoms with van der Waals surface area (Å²) >= 11 is 5.84. The van der Waals surface area contributed by atoms with Crippen molar-refractivity contribution in [3.63, 3.8) is 0 Å². The van der Waals surface area contributed by atoms with E-state index in [0.29, 0.717) is 5.88 Å². The van der Waals surface area contributed by atoms with Gasteiger partial charge in [-0.2, -0.15) is 0 Å². The molecular formula is C15H11ClN4. The quantitative estimate of drug-likeness (QED) is 0.549. The number of hydrogen-bond donors (Lipinski definition) is 2. The average molecular weight is 283 g/mol. The molecule has 0 aliphatic heterocycles. The van der Waals surface area contributed by atoms with Crippen LogP contribution in [0.15, 0.2) is 42.5 Å². The summed E-state index contributed by atoms with van der Waals surface area (Å²) in [6.07, 6.45) is 0. The third-order valence-corrected chi connectivity index (χ3v) is 3.59. The van der Waals surface area contributed by atoms with Gasteiger partial charge in [-0.05, 0) is 24.3 Å². The summed E-state index contributed by atoms with van der Waals surface area (Å²) in [5.41, 5.74) is 4.81. The van der Waals surface area contributed by atoms with Crippen LogP contribution in [0.25, 0.3) is 33.5 Å². The van der Waals surface area contributed by atoms with E-state index in [9.17, 15) is 0 Å². The van der Waals surface area contributed by atoms with E-state index in [-0.39, 0.29) is 0 Å². The van der Waals surface area contributed by atoms with Crippen molar-refractivity contribution in [2.24, 2.45) is 0 Å². The largest absolute Gasteiger partial charge is 0.341 e. The lowest BCUT2D eigenvalue weighted by Gasteiger charge is -1.97. The minimum absolute atomic E-state index is 0.369. The van der Waals surface area contributed by atoms with Crippen LogP contribution < -0.4 is 0 Å². The van der Waals surface area contributed by atoms with Crippen molar-refractivity contribution in [1.82, 2.24) is 19.9 Å². The van der Waals surface area contributed by atoms with Crippen LogP contribution in [0, 0.1) is 0 Å². The molecule has 0 aliphatic rings. The highest BCUT2D eigenvalue weighted by molar-refractivity contribution is 6.16. The Bertz CT molecular complexity index is 873. The summed E-state index contributed by atoms with van der Waals surface area (Å²) in [7, 11) is 0. The molecule has 2 N–H and O–H groups in total. The fourth-order valence-electron chi connectivity index (χ4n) is 2.42. The second-order valence-electron chi connectivity index (χ2n) is 4.62. The van der Waals surface area contributed by atoms with E-state index in [4.69, 9.17) is 11.6 Å².